The Morgan fingerprint density at radius 3 is 2.44 bits per heavy atom. The van der Waals surface area contributed by atoms with Gasteiger partial charge in [0.25, 0.3) is 0 Å². The zero-order chi connectivity index (χ0) is 23.0. The van der Waals surface area contributed by atoms with Crippen LogP contribution in [0.2, 0.25) is 0 Å². The second kappa shape index (κ2) is 11.9. The van der Waals surface area contributed by atoms with E-state index in [1.165, 1.54) is 25.0 Å². The normalized spacial score (nSPS) is 22.7. The number of carbonyl (C=O) groups is 1. The van der Waals surface area contributed by atoms with Gasteiger partial charge in [-0.15, -0.1) is 0 Å². The fourth-order valence-corrected chi connectivity index (χ4v) is 4.82. The first kappa shape index (κ1) is 24.8. The summed E-state index contributed by atoms with van der Waals surface area (Å²) >= 11 is 0. The lowest BCUT2D eigenvalue weighted by Gasteiger charge is -2.37. The van der Waals surface area contributed by atoms with Crippen LogP contribution in [0.25, 0.3) is 0 Å². The second-order valence-electron chi connectivity index (χ2n) is 9.10. The van der Waals surface area contributed by atoms with Crippen LogP contribution < -0.4 is 10.2 Å². The first-order valence-corrected chi connectivity index (χ1v) is 11.8. The molecule has 0 atom stereocenters. The van der Waals surface area contributed by atoms with Crippen molar-refractivity contribution in [1.29, 1.82) is 0 Å². The predicted molar refractivity (Wildman–Crippen MR) is 120 cm³/mol. The molecule has 1 aliphatic heterocycles. The summed E-state index contributed by atoms with van der Waals surface area (Å²) in [7, 11) is 1.63. The van der Waals surface area contributed by atoms with Crippen molar-refractivity contribution in [2.24, 2.45) is 11.8 Å². The molecule has 1 aromatic rings. The molecule has 0 bridgehead atoms. The van der Waals surface area contributed by atoms with Crippen LogP contribution >= 0.6 is 0 Å². The highest BCUT2D eigenvalue weighted by molar-refractivity contribution is 5.76. The third-order valence-electron chi connectivity index (χ3n) is 6.83. The van der Waals surface area contributed by atoms with E-state index in [2.05, 4.69) is 15.1 Å². The van der Waals surface area contributed by atoms with Gasteiger partial charge in [0.1, 0.15) is 0 Å². The van der Waals surface area contributed by atoms with Crippen molar-refractivity contribution in [1.82, 2.24) is 10.2 Å². The number of methoxy groups -OCH3 is 1. The molecule has 2 aliphatic rings. The van der Waals surface area contributed by atoms with Crippen molar-refractivity contribution in [3.63, 3.8) is 0 Å². The summed E-state index contributed by atoms with van der Waals surface area (Å²) in [5.41, 5.74) is 0.0737. The number of alkyl halides is 3. The summed E-state index contributed by atoms with van der Waals surface area (Å²) in [6.07, 6.45) is 2.08. The van der Waals surface area contributed by atoms with Crippen LogP contribution in [-0.4, -0.2) is 63.8 Å². The first-order valence-electron chi connectivity index (χ1n) is 11.8. The molecule has 1 aliphatic carbocycles. The van der Waals surface area contributed by atoms with Crippen LogP contribution in [0, 0.1) is 11.8 Å². The van der Waals surface area contributed by atoms with Crippen molar-refractivity contribution >= 4 is 11.6 Å². The monoisotopic (exact) mass is 455 g/mol. The van der Waals surface area contributed by atoms with Crippen molar-refractivity contribution in [3.8, 4) is 0 Å². The van der Waals surface area contributed by atoms with Gasteiger partial charge in [0.15, 0.2) is 0 Å². The van der Waals surface area contributed by atoms with E-state index in [0.29, 0.717) is 37.1 Å². The third-order valence-corrected chi connectivity index (χ3v) is 6.83. The number of ether oxygens (including phenoxy) is 1. The van der Waals surface area contributed by atoms with Crippen LogP contribution in [-0.2, 0) is 15.7 Å². The Kier molecular flexibility index (Phi) is 9.22. The van der Waals surface area contributed by atoms with Crippen molar-refractivity contribution < 1.29 is 22.7 Å². The van der Waals surface area contributed by atoms with Gasteiger partial charge >= 0.3 is 6.18 Å². The lowest BCUT2D eigenvalue weighted by molar-refractivity contribution is -0.137. The van der Waals surface area contributed by atoms with E-state index in [-0.39, 0.29) is 5.91 Å². The number of rotatable bonds is 9. The van der Waals surface area contributed by atoms with Gasteiger partial charge in [-0.05, 0) is 55.8 Å². The molecule has 1 saturated heterocycles. The maximum absolute atomic E-state index is 13.0. The highest BCUT2D eigenvalue weighted by atomic mass is 19.4. The van der Waals surface area contributed by atoms with Gasteiger partial charge in [-0.3, -0.25) is 9.69 Å². The number of nitrogens with one attached hydrogen (secondary N) is 1. The van der Waals surface area contributed by atoms with Crippen LogP contribution in [0.15, 0.2) is 24.3 Å². The average Bonchev–Trinajstić information content (AvgIpc) is 2.79. The average molecular weight is 456 g/mol. The van der Waals surface area contributed by atoms with Crippen LogP contribution in [0.1, 0.15) is 44.1 Å². The van der Waals surface area contributed by atoms with E-state index in [4.69, 9.17) is 4.74 Å². The molecule has 0 radical (unpaired) electrons. The predicted octanol–water partition coefficient (Wildman–Crippen LogP) is 4.18. The fourth-order valence-electron chi connectivity index (χ4n) is 4.82. The summed E-state index contributed by atoms with van der Waals surface area (Å²) in [6, 6.07) is 5.64. The summed E-state index contributed by atoms with van der Waals surface area (Å²) < 4.78 is 43.9. The van der Waals surface area contributed by atoms with Crippen molar-refractivity contribution in [2.75, 3.05) is 57.9 Å². The highest BCUT2D eigenvalue weighted by Gasteiger charge is 2.31. The van der Waals surface area contributed by atoms with Gasteiger partial charge in [-0.2, -0.15) is 13.2 Å². The van der Waals surface area contributed by atoms with Gasteiger partial charge < -0.3 is 15.0 Å². The molecule has 32 heavy (non-hydrogen) atoms. The molecule has 1 N–H and O–H groups in total. The number of hydrogen-bond acceptors (Lipinski definition) is 4. The quantitative estimate of drug-likeness (QED) is 0.568. The summed E-state index contributed by atoms with van der Waals surface area (Å²) in [4.78, 5) is 16.4. The Balaban J connectivity index is 1.33. The van der Waals surface area contributed by atoms with Gasteiger partial charge in [0.05, 0.1) is 12.2 Å². The van der Waals surface area contributed by atoms with Gasteiger partial charge in [0.2, 0.25) is 5.91 Å². The molecule has 0 spiro atoms. The molecule has 1 amide bonds. The number of piperazine rings is 1. The second-order valence-corrected chi connectivity index (χ2v) is 9.10. The standard InChI is InChI=1S/C24H36F3N3O2/c1-32-16-10-28-23(31)17-20-7-5-19(6-8-20)9-11-29-12-14-30(15-13-29)22-4-2-3-21(18-22)24(25,26)27/h2-4,18-20H,5-17H2,1H3,(H,28,31)/t19-,20-. The number of benzene rings is 1. The number of anilines is 1. The first-order chi connectivity index (χ1) is 15.3. The minimum atomic E-state index is -4.30. The lowest BCUT2D eigenvalue weighted by atomic mass is 9.79. The van der Waals surface area contributed by atoms with E-state index in [9.17, 15) is 18.0 Å². The summed E-state index contributed by atoms with van der Waals surface area (Å²) in [5, 5.41) is 2.91. The topological polar surface area (TPSA) is 44.8 Å². The van der Waals surface area contributed by atoms with Crippen LogP contribution in [0.5, 0.6) is 0 Å². The minimum Gasteiger partial charge on any atom is -0.383 e. The van der Waals surface area contributed by atoms with Crippen LogP contribution in [0.3, 0.4) is 0 Å². The zero-order valence-electron chi connectivity index (χ0n) is 19.0. The highest BCUT2D eigenvalue weighted by Crippen LogP contribution is 2.33. The molecular formula is C24H36F3N3O2. The van der Waals surface area contributed by atoms with E-state index in [1.807, 2.05) is 0 Å². The summed E-state index contributed by atoms with van der Waals surface area (Å²) in [6.45, 7) is 5.45. The molecule has 3 rings (SSSR count). The van der Waals surface area contributed by atoms with Crippen molar-refractivity contribution in [3.05, 3.63) is 29.8 Å². The fraction of sp³-hybridized carbons (Fsp3) is 0.708. The van der Waals surface area contributed by atoms with E-state index in [0.717, 1.165) is 58.1 Å². The molecule has 8 heteroatoms. The number of nitrogens with zero attached hydrogens (tertiary/aromatic N) is 2. The maximum Gasteiger partial charge on any atom is 0.416 e. The third kappa shape index (κ3) is 7.66. The molecule has 1 heterocycles. The Morgan fingerprint density at radius 1 is 1.09 bits per heavy atom. The Morgan fingerprint density at radius 2 is 1.78 bits per heavy atom. The molecule has 0 aromatic heterocycles. The Bertz CT molecular complexity index is 713. The Hall–Kier alpha value is -1.80. The van der Waals surface area contributed by atoms with Crippen LogP contribution in [0.4, 0.5) is 18.9 Å². The summed E-state index contributed by atoms with van der Waals surface area (Å²) in [5.74, 6) is 1.33. The van der Waals surface area contributed by atoms with E-state index in [1.54, 1.807) is 13.2 Å². The number of halogens is 3. The molecule has 1 aromatic carbocycles. The van der Waals surface area contributed by atoms with Gasteiger partial charge in [-0.1, -0.05) is 18.9 Å². The number of carbonyl (C=O) groups excluding carboxylic acids is 1. The van der Waals surface area contributed by atoms with Gasteiger partial charge in [-0.25, -0.2) is 0 Å². The number of amides is 1. The molecule has 0 unspecified atom stereocenters. The van der Waals surface area contributed by atoms with Gasteiger partial charge in [0, 0.05) is 51.9 Å². The maximum atomic E-state index is 13.0. The molecule has 2 fully saturated rings. The number of hydrogen-bond donors (Lipinski definition) is 1. The Labute approximate surface area is 189 Å². The lowest BCUT2D eigenvalue weighted by Crippen LogP contribution is -2.47. The zero-order valence-corrected chi connectivity index (χ0v) is 19.0. The van der Waals surface area contributed by atoms with E-state index < -0.39 is 11.7 Å². The van der Waals surface area contributed by atoms with E-state index >= 15 is 0 Å². The molecule has 5 nitrogen and oxygen atoms in total. The molecule has 180 valence electrons. The SMILES string of the molecule is COCCNC(=O)C[C@H]1CC[C@H](CCN2CCN(c3cccc(C(F)(F)F)c3)CC2)CC1. The molecular weight excluding hydrogens is 419 g/mol. The van der Waals surface area contributed by atoms with Crippen molar-refractivity contribution in [2.45, 2.75) is 44.7 Å². The minimum absolute atomic E-state index is 0.129. The smallest absolute Gasteiger partial charge is 0.383 e. The largest absolute Gasteiger partial charge is 0.416 e. The molecule has 1 saturated carbocycles.